The van der Waals surface area contributed by atoms with Gasteiger partial charge >= 0.3 is 0 Å². The molecule has 2 amide bonds. The van der Waals surface area contributed by atoms with Gasteiger partial charge in [0.2, 0.25) is 11.8 Å². The molecule has 0 fully saturated rings. The second-order valence-electron chi connectivity index (χ2n) is 3.36. The first-order valence-corrected chi connectivity index (χ1v) is 6.08. The van der Waals surface area contributed by atoms with E-state index in [9.17, 15) is 9.59 Å². The summed E-state index contributed by atoms with van der Waals surface area (Å²) >= 11 is 3.15. The monoisotopic (exact) mass is 278 g/mol. The molecule has 4 nitrogen and oxygen atoms in total. The molecule has 0 heterocycles. The Kier molecular flexibility index (Phi) is 6.56. The van der Waals surface area contributed by atoms with E-state index in [1.165, 1.54) is 0 Å². The van der Waals surface area contributed by atoms with Gasteiger partial charge in [-0.15, -0.1) is 0 Å². The number of nitrogens with one attached hydrogen (secondary N) is 1. The number of carbonyl (C=O) groups excluding carboxylic acids is 2. The van der Waals surface area contributed by atoms with Crippen LogP contribution in [0.25, 0.3) is 0 Å². The molecule has 0 aromatic heterocycles. The maximum absolute atomic E-state index is 11.8. The number of rotatable bonds is 5. The van der Waals surface area contributed by atoms with Gasteiger partial charge in [0.1, 0.15) is 6.04 Å². The molecule has 0 aliphatic carbocycles. The highest BCUT2D eigenvalue weighted by Gasteiger charge is 2.21. The largest absolute Gasteiger partial charge is 0.344 e. The maximum atomic E-state index is 11.8. The van der Waals surface area contributed by atoms with Gasteiger partial charge in [0.25, 0.3) is 0 Å². The van der Waals surface area contributed by atoms with Crippen LogP contribution in [0.2, 0.25) is 0 Å². The Bertz CT molecular complexity index is 227. The topological polar surface area (TPSA) is 49.4 Å². The van der Waals surface area contributed by atoms with Gasteiger partial charge in [-0.1, -0.05) is 15.9 Å². The average molecular weight is 279 g/mol. The van der Waals surface area contributed by atoms with Gasteiger partial charge in [-0.25, -0.2) is 0 Å². The zero-order valence-electron chi connectivity index (χ0n) is 9.71. The number of likely N-dealkylation sites (N-methyl/N-ethyl adjacent to an activating group) is 1. The summed E-state index contributed by atoms with van der Waals surface area (Å²) in [5.74, 6) is -0.204. The minimum Gasteiger partial charge on any atom is -0.344 e. The number of halogens is 1. The van der Waals surface area contributed by atoms with Crippen molar-refractivity contribution in [1.82, 2.24) is 10.2 Å². The smallest absolute Gasteiger partial charge is 0.244 e. The van der Waals surface area contributed by atoms with E-state index in [0.29, 0.717) is 13.1 Å². The van der Waals surface area contributed by atoms with Crippen molar-refractivity contribution >= 4 is 27.7 Å². The molecule has 0 aliphatic rings. The Morgan fingerprint density at radius 3 is 2.07 bits per heavy atom. The second-order valence-corrected chi connectivity index (χ2v) is 4.73. The molecule has 0 aromatic rings. The Hall–Kier alpha value is -0.580. The summed E-state index contributed by atoms with van der Waals surface area (Å²) in [7, 11) is 0. The normalized spacial score (nSPS) is 14.2. The van der Waals surface area contributed by atoms with Crippen LogP contribution in [0.3, 0.4) is 0 Å². The lowest BCUT2D eigenvalue weighted by Crippen LogP contribution is -2.48. The molecular weight excluding hydrogens is 260 g/mol. The van der Waals surface area contributed by atoms with Crippen LogP contribution in [0.5, 0.6) is 0 Å². The minimum absolute atomic E-state index is 0.0403. The SMILES string of the molecule is CCN(CC)C(=O)C(C)NC(=O)C(C)Br. The van der Waals surface area contributed by atoms with E-state index in [1.807, 2.05) is 13.8 Å². The van der Waals surface area contributed by atoms with E-state index in [1.54, 1.807) is 18.7 Å². The van der Waals surface area contributed by atoms with Crippen molar-refractivity contribution in [2.45, 2.75) is 38.6 Å². The summed E-state index contributed by atoms with van der Waals surface area (Å²) in [6.45, 7) is 8.60. The molecule has 5 heteroatoms. The summed E-state index contributed by atoms with van der Waals surface area (Å²) < 4.78 is 0. The fourth-order valence-corrected chi connectivity index (χ4v) is 1.33. The zero-order chi connectivity index (χ0) is 12.0. The van der Waals surface area contributed by atoms with Crippen molar-refractivity contribution in [3.63, 3.8) is 0 Å². The van der Waals surface area contributed by atoms with E-state index in [0.717, 1.165) is 0 Å². The third-order valence-corrected chi connectivity index (χ3v) is 2.58. The number of amides is 2. The van der Waals surface area contributed by atoms with Crippen LogP contribution in [0.15, 0.2) is 0 Å². The number of carbonyl (C=O) groups is 2. The molecule has 0 saturated heterocycles. The Morgan fingerprint density at radius 1 is 1.27 bits per heavy atom. The van der Waals surface area contributed by atoms with Gasteiger partial charge in [0.15, 0.2) is 0 Å². The van der Waals surface area contributed by atoms with E-state index in [-0.39, 0.29) is 16.6 Å². The molecule has 88 valence electrons. The van der Waals surface area contributed by atoms with E-state index in [2.05, 4.69) is 21.2 Å². The van der Waals surface area contributed by atoms with Gasteiger partial charge in [-0.05, 0) is 27.7 Å². The molecule has 0 aromatic carbocycles. The van der Waals surface area contributed by atoms with Gasteiger partial charge < -0.3 is 10.2 Å². The molecule has 1 N–H and O–H groups in total. The van der Waals surface area contributed by atoms with Gasteiger partial charge in [0, 0.05) is 13.1 Å². The second kappa shape index (κ2) is 6.82. The Balaban J connectivity index is 4.26. The van der Waals surface area contributed by atoms with Crippen molar-refractivity contribution in [3.05, 3.63) is 0 Å². The number of alkyl halides is 1. The predicted octanol–water partition coefficient (Wildman–Crippen LogP) is 1.14. The van der Waals surface area contributed by atoms with Crippen molar-refractivity contribution in [3.8, 4) is 0 Å². The van der Waals surface area contributed by atoms with Crippen LogP contribution in [0, 0.1) is 0 Å². The number of nitrogens with zero attached hydrogens (tertiary/aromatic N) is 1. The summed E-state index contributed by atoms with van der Waals surface area (Å²) in [6, 6.07) is -0.461. The zero-order valence-corrected chi connectivity index (χ0v) is 11.3. The minimum atomic E-state index is -0.461. The summed E-state index contributed by atoms with van der Waals surface area (Å²) in [5, 5.41) is 2.65. The summed E-state index contributed by atoms with van der Waals surface area (Å²) in [6.07, 6.45) is 0. The standard InChI is InChI=1S/C10H19BrN2O2/c1-5-13(6-2)10(15)8(4)12-9(14)7(3)11/h7-8H,5-6H2,1-4H3,(H,12,14). The van der Waals surface area contributed by atoms with Gasteiger partial charge in [-0.2, -0.15) is 0 Å². The lowest BCUT2D eigenvalue weighted by atomic mass is 10.2. The molecule has 0 aliphatic heterocycles. The predicted molar refractivity (Wildman–Crippen MR) is 63.9 cm³/mol. The van der Waals surface area contributed by atoms with Crippen LogP contribution >= 0.6 is 15.9 Å². The molecule has 2 unspecified atom stereocenters. The first-order chi connectivity index (χ1) is 6.93. The summed E-state index contributed by atoms with van der Waals surface area (Å²) in [5.41, 5.74) is 0. The quantitative estimate of drug-likeness (QED) is 0.767. The molecule has 0 rings (SSSR count). The van der Waals surface area contributed by atoms with Gasteiger partial charge in [-0.3, -0.25) is 9.59 Å². The maximum Gasteiger partial charge on any atom is 0.244 e. The van der Waals surface area contributed by atoms with Crippen molar-refractivity contribution < 1.29 is 9.59 Å². The molecule has 0 bridgehead atoms. The lowest BCUT2D eigenvalue weighted by Gasteiger charge is -2.23. The van der Waals surface area contributed by atoms with Crippen LogP contribution < -0.4 is 5.32 Å². The fraction of sp³-hybridized carbons (Fsp3) is 0.800. The van der Waals surface area contributed by atoms with Crippen LogP contribution in [-0.4, -0.2) is 40.7 Å². The van der Waals surface area contributed by atoms with Crippen molar-refractivity contribution in [2.24, 2.45) is 0 Å². The fourth-order valence-electron chi connectivity index (χ4n) is 1.20. The van der Waals surface area contributed by atoms with Crippen LogP contribution in [0.4, 0.5) is 0 Å². The van der Waals surface area contributed by atoms with E-state index in [4.69, 9.17) is 0 Å². The molecule has 2 atom stereocenters. The molecular formula is C10H19BrN2O2. The number of hydrogen-bond acceptors (Lipinski definition) is 2. The first kappa shape index (κ1) is 14.4. The van der Waals surface area contributed by atoms with Crippen LogP contribution in [0.1, 0.15) is 27.7 Å². The molecule has 0 radical (unpaired) electrons. The molecule has 0 spiro atoms. The summed E-state index contributed by atoms with van der Waals surface area (Å²) in [4.78, 5) is 24.5. The van der Waals surface area contributed by atoms with E-state index < -0.39 is 6.04 Å². The first-order valence-electron chi connectivity index (χ1n) is 5.17. The highest BCUT2D eigenvalue weighted by molar-refractivity contribution is 9.10. The van der Waals surface area contributed by atoms with Crippen molar-refractivity contribution in [2.75, 3.05) is 13.1 Å². The van der Waals surface area contributed by atoms with Gasteiger partial charge in [0.05, 0.1) is 4.83 Å². The Labute approximate surface area is 99.5 Å². The third-order valence-electron chi connectivity index (χ3n) is 2.17. The molecule has 15 heavy (non-hydrogen) atoms. The average Bonchev–Trinajstić information content (AvgIpc) is 2.19. The van der Waals surface area contributed by atoms with Crippen LogP contribution in [-0.2, 0) is 9.59 Å². The molecule has 0 saturated carbocycles. The lowest BCUT2D eigenvalue weighted by molar-refractivity contribution is -0.135. The van der Waals surface area contributed by atoms with E-state index >= 15 is 0 Å². The third kappa shape index (κ3) is 4.64. The highest BCUT2D eigenvalue weighted by atomic mass is 79.9. The number of hydrogen-bond donors (Lipinski definition) is 1. The van der Waals surface area contributed by atoms with Crippen molar-refractivity contribution in [1.29, 1.82) is 0 Å². The Morgan fingerprint density at radius 2 is 1.73 bits per heavy atom. The highest BCUT2D eigenvalue weighted by Crippen LogP contribution is 2.00.